The van der Waals surface area contributed by atoms with Crippen LogP contribution in [0, 0.1) is 0 Å². The molecule has 2 heterocycles. The highest BCUT2D eigenvalue weighted by atomic mass is 32.2. The third kappa shape index (κ3) is 2.35. The molecule has 1 aliphatic rings. The van der Waals surface area contributed by atoms with Crippen molar-refractivity contribution in [1.82, 2.24) is 4.98 Å². The largest absolute Gasteiger partial charge is 0.480 e. The van der Waals surface area contributed by atoms with E-state index in [1.807, 2.05) is 18.2 Å². The number of para-hydroxylation sites is 1. The normalized spacial score (nSPS) is 20.6. The molecule has 1 amide bonds. The van der Waals surface area contributed by atoms with E-state index in [1.54, 1.807) is 37.4 Å². The molecule has 1 aromatic carbocycles. The number of fused-ring (bicyclic) bond motifs is 1. The van der Waals surface area contributed by atoms with Gasteiger partial charge in [-0.3, -0.25) is 19.5 Å². The minimum absolute atomic E-state index is 0.266. The molecule has 1 aromatic heterocycles. The van der Waals surface area contributed by atoms with Crippen LogP contribution in [0.5, 0.6) is 0 Å². The van der Waals surface area contributed by atoms with E-state index in [-0.39, 0.29) is 12.5 Å². The molecule has 0 bridgehead atoms. The lowest BCUT2D eigenvalue weighted by Crippen LogP contribution is -2.48. The predicted octanol–water partition coefficient (Wildman–Crippen LogP) is 2.52. The fourth-order valence-electron chi connectivity index (χ4n) is 2.50. The summed E-state index contributed by atoms with van der Waals surface area (Å²) in [7, 11) is 0. The van der Waals surface area contributed by atoms with Crippen LogP contribution >= 0.6 is 11.8 Å². The summed E-state index contributed by atoms with van der Waals surface area (Å²) in [4.78, 5) is 30.6. The van der Waals surface area contributed by atoms with Gasteiger partial charge in [-0.05, 0) is 31.2 Å². The summed E-state index contributed by atoms with van der Waals surface area (Å²) in [5.41, 5.74) is 1.25. The molecule has 1 unspecified atom stereocenters. The molecule has 0 fully saturated rings. The Hall–Kier alpha value is -2.34. The van der Waals surface area contributed by atoms with E-state index in [9.17, 15) is 9.59 Å². The summed E-state index contributed by atoms with van der Waals surface area (Å²) >= 11 is 1.40. The van der Waals surface area contributed by atoms with E-state index in [0.29, 0.717) is 11.4 Å². The molecule has 6 heteroatoms. The van der Waals surface area contributed by atoms with Gasteiger partial charge in [0.15, 0.2) is 0 Å². The van der Waals surface area contributed by atoms with Crippen molar-refractivity contribution in [1.29, 1.82) is 0 Å². The van der Waals surface area contributed by atoms with Gasteiger partial charge in [-0.25, -0.2) is 0 Å². The molecular weight excluding hydrogens is 300 g/mol. The van der Waals surface area contributed by atoms with Crippen LogP contribution in [0.25, 0.3) is 0 Å². The lowest BCUT2D eigenvalue weighted by molar-refractivity contribution is -0.137. The standard InChI is InChI=1S/C16H14N2O3S/c1-16(13-8-4-5-9-17-13)15(21)18(10-14(19)20)11-6-2-3-7-12(11)22-16/h2-9H,10H2,1H3,(H,19,20). The molecule has 22 heavy (non-hydrogen) atoms. The molecule has 0 saturated carbocycles. The maximum Gasteiger partial charge on any atom is 0.323 e. The highest BCUT2D eigenvalue weighted by Gasteiger charge is 2.46. The van der Waals surface area contributed by atoms with Crippen molar-refractivity contribution in [2.24, 2.45) is 0 Å². The SMILES string of the molecule is CC1(c2ccccn2)Sc2ccccc2N(CC(=O)O)C1=O. The Morgan fingerprint density at radius 2 is 2.00 bits per heavy atom. The van der Waals surface area contributed by atoms with Crippen molar-refractivity contribution in [2.45, 2.75) is 16.6 Å². The number of aliphatic carboxylic acids is 1. The molecule has 5 nitrogen and oxygen atoms in total. The summed E-state index contributed by atoms with van der Waals surface area (Å²) in [6.07, 6.45) is 1.64. The number of benzene rings is 1. The van der Waals surface area contributed by atoms with Crippen LogP contribution < -0.4 is 4.90 Å². The smallest absolute Gasteiger partial charge is 0.323 e. The summed E-state index contributed by atoms with van der Waals surface area (Å²) in [6.45, 7) is 1.42. The molecule has 2 aromatic rings. The third-order valence-electron chi connectivity index (χ3n) is 3.57. The van der Waals surface area contributed by atoms with Crippen molar-refractivity contribution in [3.05, 3.63) is 54.4 Å². The van der Waals surface area contributed by atoms with Gasteiger partial charge in [0.1, 0.15) is 11.3 Å². The highest BCUT2D eigenvalue weighted by molar-refractivity contribution is 8.01. The number of carboxylic acid groups (broad SMARTS) is 1. The second-order valence-corrected chi connectivity index (χ2v) is 6.56. The lowest BCUT2D eigenvalue weighted by atomic mass is 10.0. The van der Waals surface area contributed by atoms with Crippen LogP contribution in [-0.4, -0.2) is 28.5 Å². The van der Waals surface area contributed by atoms with Crippen molar-refractivity contribution in [2.75, 3.05) is 11.4 Å². The van der Waals surface area contributed by atoms with Crippen LogP contribution in [-0.2, 0) is 14.3 Å². The molecule has 1 N–H and O–H groups in total. The molecule has 0 radical (unpaired) electrons. The van der Waals surface area contributed by atoms with Gasteiger partial charge in [0.2, 0.25) is 5.91 Å². The number of carboxylic acids is 1. The zero-order chi connectivity index (χ0) is 15.7. The molecule has 1 aliphatic heterocycles. The first kappa shape index (κ1) is 14.6. The van der Waals surface area contributed by atoms with Crippen LogP contribution in [0.1, 0.15) is 12.6 Å². The average molecular weight is 314 g/mol. The van der Waals surface area contributed by atoms with E-state index >= 15 is 0 Å². The minimum Gasteiger partial charge on any atom is -0.480 e. The van der Waals surface area contributed by atoms with Crippen molar-refractivity contribution >= 4 is 29.3 Å². The van der Waals surface area contributed by atoms with Gasteiger partial charge >= 0.3 is 5.97 Å². The van der Waals surface area contributed by atoms with Crippen LogP contribution in [0.3, 0.4) is 0 Å². The fourth-order valence-corrected chi connectivity index (χ4v) is 3.79. The van der Waals surface area contributed by atoms with Crippen molar-refractivity contribution in [3.63, 3.8) is 0 Å². The van der Waals surface area contributed by atoms with E-state index in [0.717, 1.165) is 4.90 Å². The molecule has 0 aliphatic carbocycles. The zero-order valence-electron chi connectivity index (χ0n) is 11.9. The Kier molecular flexibility index (Phi) is 3.62. The van der Waals surface area contributed by atoms with Gasteiger partial charge in [-0.1, -0.05) is 18.2 Å². The van der Waals surface area contributed by atoms with Gasteiger partial charge in [0, 0.05) is 11.1 Å². The van der Waals surface area contributed by atoms with Gasteiger partial charge < -0.3 is 5.11 Å². The van der Waals surface area contributed by atoms with Crippen LogP contribution in [0.15, 0.2) is 53.6 Å². The first-order chi connectivity index (χ1) is 10.5. The maximum atomic E-state index is 12.9. The molecule has 0 spiro atoms. The Labute approximate surface area is 132 Å². The second-order valence-electron chi connectivity index (χ2n) is 5.10. The number of pyridine rings is 1. The summed E-state index contributed by atoms with van der Waals surface area (Å²) in [5.74, 6) is -1.31. The number of hydrogen-bond acceptors (Lipinski definition) is 4. The molecule has 0 saturated heterocycles. The number of anilines is 1. The Bertz CT molecular complexity index is 735. The topological polar surface area (TPSA) is 70.5 Å². The van der Waals surface area contributed by atoms with Gasteiger partial charge in [0.05, 0.1) is 11.4 Å². The van der Waals surface area contributed by atoms with Crippen molar-refractivity contribution < 1.29 is 14.7 Å². The number of nitrogens with zero attached hydrogens (tertiary/aromatic N) is 2. The number of amides is 1. The molecule has 112 valence electrons. The number of hydrogen-bond donors (Lipinski definition) is 1. The number of thioether (sulfide) groups is 1. The molecular formula is C16H14N2O3S. The highest BCUT2D eigenvalue weighted by Crippen LogP contribution is 2.49. The molecule has 1 atom stereocenters. The zero-order valence-corrected chi connectivity index (χ0v) is 12.7. The monoisotopic (exact) mass is 314 g/mol. The third-order valence-corrected chi connectivity index (χ3v) is 4.93. The fraction of sp³-hybridized carbons (Fsp3) is 0.188. The first-order valence-corrected chi connectivity index (χ1v) is 7.57. The van der Waals surface area contributed by atoms with Crippen LogP contribution in [0.2, 0.25) is 0 Å². The molecule has 3 rings (SSSR count). The Balaban J connectivity index is 2.13. The predicted molar refractivity (Wildman–Crippen MR) is 83.9 cm³/mol. The second kappa shape index (κ2) is 5.46. The van der Waals surface area contributed by atoms with Gasteiger partial charge in [0.25, 0.3) is 0 Å². The van der Waals surface area contributed by atoms with E-state index in [1.165, 1.54) is 16.7 Å². The van der Waals surface area contributed by atoms with Crippen molar-refractivity contribution in [3.8, 4) is 0 Å². The van der Waals surface area contributed by atoms with E-state index in [2.05, 4.69) is 4.98 Å². The maximum absolute atomic E-state index is 12.9. The van der Waals surface area contributed by atoms with E-state index < -0.39 is 10.7 Å². The van der Waals surface area contributed by atoms with E-state index in [4.69, 9.17) is 5.11 Å². The lowest BCUT2D eigenvalue weighted by Gasteiger charge is -2.38. The quantitative estimate of drug-likeness (QED) is 0.942. The number of carbonyl (C=O) groups excluding carboxylic acids is 1. The Morgan fingerprint density at radius 1 is 1.27 bits per heavy atom. The Morgan fingerprint density at radius 3 is 2.68 bits per heavy atom. The van der Waals surface area contributed by atoms with Gasteiger partial charge in [-0.2, -0.15) is 0 Å². The number of carbonyl (C=O) groups is 2. The van der Waals surface area contributed by atoms with Gasteiger partial charge in [-0.15, -0.1) is 11.8 Å². The van der Waals surface area contributed by atoms with Crippen LogP contribution in [0.4, 0.5) is 5.69 Å². The number of aromatic nitrogens is 1. The summed E-state index contributed by atoms with van der Waals surface area (Å²) < 4.78 is -0.939. The summed E-state index contributed by atoms with van der Waals surface area (Å²) in [5, 5.41) is 9.13. The first-order valence-electron chi connectivity index (χ1n) is 6.75. The minimum atomic E-state index is -1.04. The number of rotatable bonds is 3. The summed E-state index contributed by atoms with van der Waals surface area (Å²) in [6, 6.07) is 12.7. The average Bonchev–Trinajstić information content (AvgIpc) is 2.52.